The average Bonchev–Trinajstić information content (AvgIpc) is 2.56. The molecule has 2 aromatic carbocycles. The van der Waals surface area contributed by atoms with Crippen LogP contribution >= 0.6 is 11.1 Å². The molecule has 0 atom stereocenters. The fraction of sp³-hybridized carbons (Fsp3) is 0.111. The number of rotatable bonds is 5. The largest absolute Gasteiger partial charge is 0.396 e. The van der Waals surface area contributed by atoms with Gasteiger partial charge in [0.1, 0.15) is 0 Å². The van der Waals surface area contributed by atoms with Crippen molar-refractivity contribution in [3.8, 4) is 11.8 Å². The Morgan fingerprint density at radius 2 is 1.52 bits per heavy atom. The lowest BCUT2D eigenvalue weighted by molar-refractivity contribution is 0.338. The third-order valence-electron chi connectivity index (χ3n) is 3.02. The van der Waals surface area contributed by atoms with Crippen molar-refractivity contribution in [3.63, 3.8) is 0 Å². The minimum atomic E-state index is -2.68. The molecular weight excluding hydrogens is 296 g/mol. The number of hydrogen-bond donors (Lipinski definition) is 0. The second kappa shape index (κ2) is 7.85. The first-order chi connectivity index (χ1) is 10.3. The molecule has 0 amide bonds. The van der Waals surface area contributed by atoms with Crippen molar-refractivity contribution >= 4 is 29.1 Å². The number of halogens is 1. The minimum Gasteiger partial charge on any atom is -0.396 e. The van der Waals surface area contributed by atoms with Crippen LogP contribution < -0.4 is 10.4 Å². The van der Waals surface area contributed by atoms with Crippen molar-refractivity contribution in [2.45, 2.75) is 6.42 Å². The zero-order chi connectivity index (χ0) is 15.0. The molecule has 21 heavy (non-hydrogen) atoms. The predicted octanol–water partition coefficient (Wildman–Crippen LogP) is 3.08. The lowest BCUT2D eigenvalue weighted by Gasteiger charge is -2.25. The Kier molecular flexibility index (Phi) is 5.83. The molecule has 0 radical (unpaired) electrons. The zero-order valence-corrected chi connectivity index (χ0v) is 13.5. The Morgan fingerprint density at radius 1 is 1.00 bits per heavy atom. The van der Waals surface area contributed by atoms with Gasteiger partial charge in [-0.2, -0.15) is 0 Å². The molecule has 2 rings (SSSR count). The summed E-state index contributed by atoms with van der Waals surface area (Å²) in [4.78, 5) is 0. The summed E-state index contributed by atoms with van der Waals surface area (Å²) >= 11 is 6.95. The maximum atomic E-state index is 6.95. The molecule has 1 nitrogen and oxygen atoms in total. The second-order valence-electron chi connectivity index (χ2n) is 4.45. The summed E-state index contributed by atoms with van der Waals surface area (Å²) in [5.74, 6) is 5.80. The van der Waals surface area contributed by atoms with Crippen molar-refractivity contribution in [2.75, 3.05) is 6.61 Å². The van der Waals surface area contributed by atoms with Crippen molar-refractivity contribution < 1.29 is 4.43 Å². The Morgan fingerprint density at radius 3 is 2.00 bits per heavy atom. The smallest absolute Gasteiger partial charge is 0.355 e. The highest BCUT2D eigenvalue weighted by Crippen LogP contribution is 2.13. The van der Waals surface area contributed by atoms with E-state index in [9.17, 15) is 0 Å². The standard InChI is InChI=1S/C18H17ClOSi/c1-2-3-4-11-16-20-21(19,17-12-7-5-8-13-17)18-14-9-6-10-15-18/h2,5-10,12-15H,1,11,16H2. The average molecular weight is 313 g/mol. The molecule has 0 aliphatic rings. The minimum absolute atomic E-state index is 0.514. The normalized spacial score (nSPS) is 10.5. The second-order valence-corrected chi connectivity index (χ2v) is 8.68. The molecule has 0 bridgehead atoms. The first kappa shape index (κ1) is 15.6. The lowest BCUT2D eigenvalue weighted by atomic mass is 10.4. The van der Waals surface area contributed by atoms with E-state index < -0.39 is 7.63 Å². The van der Waals surface area contributed by atoms with E-state index in [0.29, 0.717) is 13.0 Å². The highest BCUT2D eigenvalue weighted by molar-refractivity contribution is 7.30. The molecule has 0 aliphatic carbocycles. The summed E-state index contributed by atoms with van der Waals surface area (Å²) in [6.07, 6.45) is 2.23. The van der Waals surface area contributed by atoms with Crippen molar-refractivity contribution in [1.82, 2.24) is 0 Å². The van der Waals surface area contributed by atoms with E-state index in [4.69, 9.17) is 15.5 Å². The number of allylic oxidation sites excluding steroid dienone is 1. The summed E-state index contributed by atoms with van der Waals surface area (Å²) in [5.41, 5.74) is 0. The van der Waals surface area contributed by atoms with Gasteiger partial charge in [-0.05, 0) is 16.4 Å². The Hall–Kier alpha value is -1.79. The number of benzene rings is 2. The molecule has 0 saturated carbocycles. The Balaban J connectivity index is 2.25. The monoisotopic (exact) mass is 312 g/mol. The summed E-state index contributed by atoms with van der Waals surface area (Å²) in [6.45, 7) is 4.08. The molecule has 0 spiro atoms. The van der Waals surface area contributed by atoms with Gasteiger partial charge in [0.05, 0.1) is 0 Å². The molecule has 106 valence electrons. The summed E-state index contributed by atoms with van der Waals surface area (Å²) in [5, 5.41) is 2.10. The van der Waals surface area contributed by atoms with Gasteiger partial charge >= 0.3 is 7.63 Å². The Bertz CT molecular complexity index is 589. The maximum Gasteiger partial charge on any atom is 0.355 e. The van der Waals surface area contributed by atoms with Gasteiger partial charge < -0.3 is 4.43 Å². The van der Waals surface area contributed by atoms with Gasteiger partial charge in [-0.15, -0.1) is 11.1 Å². The van der Waals surface area contributed by atoms with E-state index in [1.165, 1.54) is 0 Å². The van der Waals surface area contributed by atoms with Gasteiger partial charge in [-0.3, -0.25) is 0 Å². The van der Waals surface area contributed by atoms with Crippen molar-refractivity contribution in [2.24, 2.45) is 0 Å². The fourth-order valence-corrected chi connectivity index (χ4v) is 5.31. The van der Waals surface area contributed by atoms with Crippen LogP contribution in [0.1, 0.15) is 6.42 Å². The van der Waals surface area contributed by atoms with Gasteiger partial charge in [0, 0.05) is 13.0 Å². The van der Waals surface area contributed by atoms with E-state index in [1.54, 1.807) is 6.08 Å². The maximum absolute atomic E-state index is 6.95. The van der Waals surface area contributed by atoms with Crippen molar-refractivity contribution in [3.05, 3.63) is 73.3 Å². The molecule has 0 unspecified atom stereocenters. The molecule has 0 aliphatic heterocycles. The highest BCUT2D eigenvalue weighted by Gasteiger charge is 2.37. The third-order valence-corrected chi connectivity index (χ3v) is 7.41. The molecule has 0 N–H and O–H groups in total. The molecule has 0 aromatic heterocycles. The summed E-state index contributed by atoms with van der Waals surface area (Å²) in [7, 11) is -2.68. The van der Waals surface area contributed by atoms with Crippen LogP contribution in [0, 0.1) is 11.8 Å². The van der Waals surface area contributed by atoms with E-state index in [0.717, 1.165) is 10.4 Å². The van der Waals surface area contributed by atoms with Gasteiger partial charge in [0.15, 0.2) is 0 Å². The first-order valence-electron chi connectivity index (χ1n) is 6.80. The molecule has 0 heterocycles. The van der Waals surface area contributed by atoms with Gasteiger partial charge in [-0.1, -0.05) is 79.1 Å². The van der Waals surface area contributed by atoms with Crippen LogP contribution in [0.5, 0.6) is 0 Å². The van der Waals surface area contributed by atoms with Crippen LogP contribution in [-0.4, -0.2) is 14.2 Å². The quantitative estimate of drug-likeness (QED) is 0.357. The third kappa shape index (κ3) is 4.09. The van der Waals surface area contributed by atoms with Gasteiger partial charge in [0.25, 0.3) is 0 Å². The molecule has 2 aromatic rings. The Labute approximate surface area is 132 Å². The van der Waals surface area contributed by atoms with E-state index in [2.05, 4.69) is 18.4 Å². The van der Waals surface area contributed by atoms with E-state index in [1.807, 2.05) is 60.7 Å². The van der Waals surface area contributed by atoms with Crippen LogP contribution in [0.15, 0.2) is 73.3 Å². The van der Waals surface area contributed by atoms with Crippen LogP contribution in [0.25, 0.3) is 0 Å². The number of hydrogen-bond acceptors (Lipinski definition) is 1. The van der Waals surface area contributed by atoms with Gasteiger partial charge in [-0.25, -0.2) is 0 Å². The first-order valence-corrected chi connectivity index (χ1v) is 9.72. The van der Waals surface area contributed by atoms with Gasteiger partial charge in [0.2, 0.25) is 0 Å². The summed E-state index contributed by atoms with van der Waals surface area (Å²) < 4.78 is 6.12. The van der Waals surface area contributed by atoms with E-state index >= 15 is 0 Å². The predicted molar refractivity (Wildman–Crippen MR) is 92.3 cm³/mol. The molecule has 0 saturated heterocycles. The van der Waals surface area contributed by atoms with Crippen LogP contribution in [0.4, 0.5) is 0 Å². The topological polar surface area (TPSA) is 9.23 Å². The zero-order valence-electron chi connectivity index (χ0n) is 11.8. The SMILES string of the molecule is C=CC#CCCO[Si](Cl)(c1ccccc1)c1ccccc1. The molecular formula is C18H17ClOSi. The molecule has 0 fully saturated rings. The lowest BCUT2D eigenvalue weighted by Crippen LogP contribution is -2.56. The fourth-order valence-electron chi connectivity index (χ4n) is 2.03. The highest BCUT2D eigenvalue weighted by atomic mass is 35.6. The molecule has 3 heteroatoms. The van der Waals surface area contributed by atoms with Crippen LogP contribution in [0.3, 0.4) is 0 Å². The van der Waals surface area contributed by atoms with Crippen LogP contribution in [-0.2, 0) is 4.43 Å². The van der Waals surface area contributed by atoms with Crippen LogP contribution in [0.2, 0.25) is 0 Å². The van der Waals surface area contributed by atoms with Crippen molar-refractivity contribution in [1.29, 1.82) is 0 Å². The van der Waals surface area contributed by atoms with E-state index in [-0.39, 0.29) is 0 Å². The summed E-state index contributed by atoms with van der Waals surface area (Å²) in [6, 6.07) is 20.0.